The molecule has 0 aliphatic rings. The van der Waals surface area contributed by atoms with Gasteiger partial charge >= 0.3 is 0 Å². The van der Waals surface area contributed by atoms with Crippen molar-refractivity contribution in [1.29, 1.82) is 0 Å². The van der Waals surface area contributed by atoms with Crippen LogP contribution in [-0.2, 0) is 6.42 Å². The molecule has 3 aromatic carbocycles. The quantitative estimate of drug-likeness (QED) is 0.238. The summed E-state index contributed by atoms with van der Waals surface area (Å²) in [4.78, 5) is 17.7. The Morgan fingerprint density at radius 2 is 1.75 bits per heavy atom. The van der Waals surface area contributed by atoms with E-state index in [1.807, 2.05) is 44.2 Å². The van der Waals surface area contributed by atoms with E-state index < -0.39 is 0 Å². The highest BCUT2D eigenvalue weighted by atomic mass is 35.5. The van der Waals surface area contributed by atoms with Crippen molar-refractivity contribution >= 4 is 39.7 Å². The minimum Gasteiger partial charge on any atom is -0.503 e. The highest BCUT2D eigenvalue weighted by Gasteiger charge is 2.19. The Kier molecular flexibility index (Phi) is 7.51. The van der Waals surface area contributed by atoms with Crippen LogP contribution in [0.2, 0.25) is 5.02 Å². The average Bonchev–Trinajstić information content (AvgIpc) is 2.85. The largest absolute Gasteiger partial charge is 0.503 e. The molecule has 0 fully saturated rings. The number of phenols is 1. The molecule has 0 radical (unpaired) electrons. The van der Waals surface area contributed by atoms with Gasteiger partial charge in [-0.25, -0.2) is 0 Å². The van der Waals surface area contributed by atoms with Crippen molar-refractivity contribution < 1.29 is 14.6 Å². The third kappa shape index (κ3) is 5.31. The zero-order valence-electron chi connectivity index (χ0n) is 21.2. The first-order valence-electron chi connectivity index (χ1n) is 12.1. The zero-order valence-corrected chi connectivity index (χ0v) is 22.0. The van der Waals surface area contributed by atoms with Crippen LogP contribution in [0.5, 0.6) is 11.5 Å². The van der Waals surface area contributed by atoms with Gasteiger partial charge in [0.25, 0.3) is 0 Å². The smallest absolute Gasteiger partial charge is 0.176 e. The van der Waals surface area contributed by atoms with E-state index in [1.54, 1.807) is 18.3 Å². The number of hydrogen-bond donors (Lipinski definition) is 2. The van der Waals surface area contributed by atoms with Crippen LogP contribution in [0.4, 0.5) is 11.4 Å². The number of nitrogens with zero attached hydrogens (tertiary/aromatic N) is 1. The number of pyridine rings is 1. The Hall–Kier alpha value is -3.57. The second kappa shape index (κ2) is 10.6. The molecule has 0 amide bonds. The normalized spacial score (nSPS) is 11.3. The highest BCUT2D eigenvalue weighted by Crippen LogP contribution is 2.40. The summed E-state index contributed by atoms with van der Waals surface area (Å²) in [5.41, 5.74) is 5.82. The lowest BCUT2D eigenvalue weighted by Crippen LogP contribution is -2.11. The van der Waals surface area contributed by atoms with Crippen LogP contribution in [0.15, 0.2) is 60.8 Å². The molecule has 0 saturated heterocycles. The Bertz CT molecular complexity index is 1410. The summed E-state index contributed by atoms with van der Waals surface area (Å²) in [5.74, 6) is 0.607. The Labute approximate surface area is 217 Å². The van der Waals surface area contributed by atoms with Gasteiger partial charge in [-0.05, 0) is 65.4 Å². The van der Waals surface area contributed by atoms with E-state index in [0.717, 1.165) is 34.1 Å². The summed E-state index contributed by atoms with van der Waals surface area (Å²) in [7, 11) is 1.48. The lowest BCUT2D eigenvalue weighted by molar-refractivity contribution is 0.0940. The van der Waals surface area contributed by atoms with E-state index in [4.69, 9.17) is 16.3 Å². The van der Waals surface area contributed by atoms with Crippen molar-refractivity contribution in [2.45, 2.75) is 34.1 Å². The third-order valence-corrected chi connectivity index (χ3v) is 6.39. The van der Waals surface area contributed by atoms with E-state index in [1.165, 1.54) is 12.7 Å². The second-order valence-electron chi connectivity index (χ2n) is 9.73. The molecule has 4 rings (SSSR count). The van der Waals surface area contributed by atoms with E-state index in [-0.39, 0.29) is 22.5 Å². The van der Waals surface area contributed by atoms with Crippen LogP contribution < -0.4 is 10.1 Å². The van der Waals surface area contributed by atoms with E-state index in [0.29, 0.717) is 22.9 Å². The van der Waals surface area contributed by atoms with Crippen LogP contribution >= 0.6 is 11.6 Å². The first kappa shape index (κ1) is 25.5. The number of hydrogen-bond acceptors (Lipinski definition) is 5. The van der Waals surface area contributed by atoms with Gasteiger partial charge in [-0.15, -0.1) is 0 Å². The molecule has 0 bridgehead atoms. The van der Waals surface area contributed by atoms with Gasteiger partial charge in [0, 0.05) is 23.2 Å². The van der Waals surface area contributed by atoms with Gasteiger partial charge in [-0.1, -0.05) is 57.5 Å². The van der Waals surface area contributed by atoms with Gasteiger partial charge in [-0.3, -0.25) is 9.78 Å². The molecule has 0 aliphatic carbocycles. The minimum atomic E-state index is -0.179. The fraction of sp³-hybridized carbons (Fsp3) is 0.267. The number of carbonyl (C=O) groups excluding carboxylic acids is 1. The molecule has 5 nitrogen and oxygen atoms in total. The van der Waals surface area contributed by atoms with E-state index in [2.05, 4.69) is 36.3 Å². The summed E-state index contributed by atoms with van der Waals surface area (Å²) in [6.45, 7) is 8.18. The first-order chi connectivity index (χ1) is 17.2. The number of carbonyl (C=O) groups is 1. The molecule has 0 unspecified atom stereocenters. The van der Waals surface area contributed by atoms with Crippen LogP contribution in [0.1, 0.15) is 43.6 Å². The molecule has 0 atom stereocenters. The molecule has 0 aliphatic heterocycles. The Balaban J connectivity index is 1.86. The number of aromatic nitrogens is 1. The van der Waals surface area contributed by atoms with Crippen molar-refractivity contribution in [1.82, 2.24) is 4.98 Å². The van der Waals surface area contributed by atoms with Crippen molar-refractivity contribution in [3.05, 3.63) is 76.9 Å². The monoisotopic (exact) mass is 502 g/mol. The van der Waals surface area contributed by atoms with Crippen molar-refractivity contribution in [2.75, 3.05) is 12.4 Å². The van der Waals surface area contributed by atoms with Crippen molar-refractivity contribution in [3.8, 4) is 22.6 Å². The Morgan fingerprint density at radius 3 is 2.39 bits per heavy atom. The van der Waals surface area contributed by atoms with Gasteiger partial charge in [-0.2, -0.15) is 0 Å². The van der Waals surface area contributed by atoms with Gasteiger partial charge < -0.3 is 15.2 Å². The number of anilines is 2. The highest BCUT2D eigenvalue weighted by molar-refractivity contribution is 6.32. The lowest BCUT2D eigenvalue weighted by atomic mass is 9.96. The molecule has 1 aromatic heterocycles. The summed E-state index contributed by atoms with van der Waals surface area (Å²) in [5, 5.41) is 14.7. The van der Waals surface area contributed by atoms with Crippen molar-refractivity contribution in [3.63, 3.8) is 0 Å². The topological polar surface area (TPSA) is 71.5 Å². The van der Waals surface area contributed by atoms with Crippen LogP contribution in [0.3, 0.4) is 0 Å². The molecule has 1 heterocycles. The standard InChI is InChI=1S/C30H31ClN2O3/c1-17(2)12-19-6-9-22(10-7-19)33-28-23-13-20(21-14-25(31)30(35)27(15-21)36-5)8-11-26(23)32-16-24(28)29(34)18(3)4/h6-11,13-18,35H,12H2,1-5H3,(H,32,33). The van der Waals surface area contributed by atoms with Gasteiger partial charge in [0.15, 0.2) is 17.3 Å². The number of aromatic hydroxyl groups is 1. The van der Waals surface area contributed by atoms with E-state index in [9.17, 15) is 9.90 Å². The number of methoxy groups -OCH3 is 1. The number of Topliss-reactive ketones (excluding diaryl/α,β-unsaturated/α-hetero) is 1. The van der Waals surface area contributed by atoms with E-state index >= 15 is 0 Å². The Morgan fingerprint density at radius 1 is 1.03 bits per heavy atom. The number of ketones is 1. The zero-order chi connectivity index (χ0) is 26.0. The third-order valence-electron chi connectivity index (χ3n) is 6.11. The maximum absolute atomic E-state index is 13.2. The molecule has 0 saturated carbocycles. The molecule has 36 heavy (non-hydrogen) atoms. The molecule has 186 valence electrons. The van der Waals surface area contributed by atoms with Crippen LogP contribution in [0, 0.1) is 11.8 Å². The summed E-state index contributed by atoms with van der Waals surface area (Å²) >= 11 is 6.25. The fourth-order valence-corrected chi connectivity index (χ4v) is 4.45. The maximum atomic E-state index is 13.2. The van der Waals surface area contributed by atoms with Gasteiger partial charge in [0.1, 0.15) is 0 Å². The predicted octanol–water partition coefficient (Wildman–Crippen LogP) is 8.05. The number of benzene rings is 3. The second-order valence-corrected chi connectivity index (χ2v) is 10.1. The van der Waals surface area contributed by atoms with Gasteiger partial charge in [0.05, 0.1) is 28.9 Å². The summed E-state index contributed by atoms with van der Waals surface area (Å²) in [6.07, 6.45) is 2.66. The summed E-state index contributed by atoms with van der Waals surface area (Å²) in [6, 6.07) is 17.6. The SMILES string of the molecule is COc1cc(-c2ccc3ncc(C(=O)C(C)C)c(Nc4ccc(CC(C)C)cc4)c3c2)cc(Cl)c1O. The molecule has 6 heteroatoms. The predicted molar refractivity (Wildman–Crippen MR) is 148 cm³/mol. The average molecular weight is 503 g/mol. The van der Waals surface area contributed by atoms with Crippen LogP contribution in [0.25, 0.3) is 22.0 Å². The number of phenolic OH excluding ortho intramolecular Hbond substituents is 1. The van der Waals surface area contributed by atoms with Gasteiger partial charge in [0.2, 0.25) is 0 Å². The summed E-state index contributed by atoms with van der Waals surface area (Å²) < 4.78 is 5.28. The first-order valence-corrected chi connectivity index (χ1v) is 12.5. The maximum Gasteiger partial charge on any atom is 0.176 e. The number of halogens is 1. The van der Waals surface area contributed by atoms with Crippen LogP contribution in [-0.4, -0.2) is 23.0 Å². The minimum absolute atomic E-state index is 0.0167. The molecule has 0 spiro atoms. The number of nitrogens with one attached hydrogen (secondary N) is 1. The lowest BCUT2D eigenvalue weighted by Gasteiger charge is -2.17. The molecule has 2 N–H and O–H groups in total. The molecular weight excluding hydrogens is 472 g/mol. The molecule has 4 aromatic rings. The number of rotatable bonds is 8. The number of ether oxygens (including phenoxy) is 1. The van der Waals surface area contributed by atoms with Crippen molar-refractivity contribution in [2.24, 2.45) is 11.8 Å². The molecular formula is C30H31ClN2O3. The fourth-order valence-electron chi connectivity index (χ4n) is 4.24. The number of fused-ring (bicyclic) bond motifs is 1.